The standard InChI is InChI=1S/C16H20N2O4/c1-11-12(2)22-15(18-11)10-17-16(19)13-5-4-6-14(9-13)21-8-7-20-3/h4-6,9H,7-8,10H2,1-3H3,(H,17,19). The van der Waals surface area contributed by atoms with Gasteiger partial charge < -0.3 is 19.2 Å². The second kappa shape index (κ2) is 7.61. The Morgan fingerprint density at radius 3 is 2.82 bits per heavy atom. The molecule has 22 heavy (non-hydrogen) atoms. The van der Waals surface area contributed by atoms with Crippen LogP contribution in [0.15, 0.2) is 28.7 Å². The lowest BCUT2D eigenvalue weighted by Gasteiger charge is -2.07. The van der Waals surface area contributed by atoms with Crippen LogP contribution in [0.2, 0.25) is 0 Å². The number of benzene rings is 1. The highest BCUT2D eigenvalue weighted by atomic mass is 16.5. The third kappa shape index (κ3) is 4.33. The Bertz CT molecular complexity index is 617. The molecule has 0 radical (unpaired) electrons. The number of oxazole rings is 1. The van der Waals surface area contributed by atoms with Gasteiger partial charge in [0.15, 0.2) is 0 Å². The highest BCUT2D eigenvalue weighted by Gasteiger charge is 2.10. The van der Waals surface area contributed by atoms with Gasteiger partial charge in [0.1, 0.15) is 18.1 Å². The van der Waals surface area contributed by atoms with Gasteiger partial charge in [-0.05, 0) is 32.0 Å². The molecule has 0 bridgehead atoms. The van der Waals surface area contributed by atoms with Gasteiger partial charge in [0.05, 0.1) is 18.8 Å². The van der Waals surface area contributed by atoms with E-state index in [0.717, 1.165) is 11.5 Å². The first-order valence-electron chi connectivity index (χ1n) is 7.03. The number of rotatable bonds is 7. The van der Waals surface area contributed by atoms with Crippen molar-refractivity contribution in [3.8, 4) is 5.75 Å². The summed E-state index contributed by atoms with van der Waals surface area (Å²) in [6, 6.07) is 6.99. The fourth-order valence-corrected chi connectivity index (χ4v) is 1.84. The zero-order valence-corrected chi connectivity index (χ0v) is 13.0. The molecule has 1 amide bonds. The largest absolute Gasteiger partial charge is 0.491 e. The monoisotopic (exact) mass is 304 g/mol. The van der Waals surface area contributed by atoms with E-state index in [-0.39, 0.29) is 12.5 Å². The second-order valence-electron chi connectivity index (χ2n) is 4.80. The Balaban J connectivity index is 1.92. The number of carbonyl (C=O) groups is 1. The van der Waals surface area contributed by atoms with E-state index in [1.807, 2.05) is 13.8 Å². The molecule has 1 aromatic carbocycles. The number of nitrogens with zero attached hydrogens (tertiary/aromatic N) is 1. The summed E-state index contributed by atoms with van der Waals surface area (Å²) in [6.07, 6.45) is 0. The summed E-state index contributed by atoms with van der Waals surface area (Å²) in [6.45, 7) is 4.90. The fourth-order valence-electron chi connectivity index (χ4n) is 1.84. The third-order valence-corrected chi connectivity index (χ3v) is 3.13. The molecular weight excluding hydrogens is 284 g/mol. The van der Waals surface area contributed by atoms with Crippen LogP contribution in [0.1, 0.15) is 27.7 Å². The first-order chi connectivity index (χ1) is 10.6. The van der Waals surface area contributed by atoms with Crippen LogP contribution in [-0.4, -0.2) is 31.2 Å². The van der Waals surface area contributed by atoms with Crippen molar-refractivity contribution < 1.29 is 18.7 Å². The Kier molecular flexibility index (Phi) is 5.55. The predicted octanol–water partition coefficient (Wildman–Crippen LogP) is 2.25. The molecular formula is C16H20N2O4. The maximum absolute atomic E-state index is 12.1. The SMILES string of the molecule is COCCOc1cccc(C(=O)NCc2nc(C)c(C)o2)c1. The predicted molar refractivity (Wildman–Crippen MR) is 81.0 cm³/mol. The molecule has 0 unspecified atom stereocenters. The maximum atomic E-state index is 12.1. The smallest absolute Gasteiger partial charge is 0.251 e. The van der Waals surface area contributed by atoms with Crippen LogP contribution in [0.4, 0.5) is 0 Å². The van der Waals surface area contributed by atoms with E-state index in [9.17, 15) is 4.79 Å². The molecule has 2 aromatic rings. The van der Waals surface area contributed by atoms with Crippen LogP contribution in [0.5, 0.6) is 5.75 Å². The molecule has 0 aliphatic heterocycles. The van der Waals surface area contributed by atoms with Gasteiger partial charge in [0, 0.05) is 12.7 Å². The number of nitrogens with one attached hydrogen (secondary N) is 1. The molecule has 0 saturated heterocycles. The molecule has 0 spiro atoms. The van der Waals surface area contributed by atoms with Gasteiger partial charge in [-0.15, -0.1) is 0 Å². The molecule has 6 nitrogen and oxygen atoms in total. The zero-order valence-electron chi connectivity index (χ0n) is 13.0. The lowest BCUT2D eigenvalue weighted by molar-refractivity contribution is 0.0946. The number of hydrogen-bond acceptors (Lipinski definition) is 5. The lowest BCUT2D eigenvalue weighted by Crippen LogP contribution is -2.23. The maximum Gasteiger partial charge on any atom is 0.251 e. The summed E-state index contributed by atoms with van der Waals surface area (Å²) >= 11 is 0. The highest BCUT2D eigenvalue weighted by Crippen LogP contribution is 2.14. The van der Waals surface area contributed by atoms with Crippen molar-refractivity contribution in [3.63, 3.8) is 0 Å². The summed E-state index contributed by atoms with van der Waals surface area (Å²) < 4.78 is 15.8. The molecule has 0 atom stereocenters. The van der Waals surface area contributed by atoms with Gasteiger partial charge in [-0.3, -0.25) is 4.79 Å². The second-order valence-corrected chi connectivity index (χ2v) is 4.80. The number of ether oxygens (including phenoxy) is 2. The molecule has 2 rings (SSSR count). The number of hydrogen-bond donors (Lipinski definition) is 1. The van der Waals surface area contributed by atoms with Gasteiger partial charge in [-0.1, -0.05) is 6.07 Å². The van der Waals surface area contributed by atoms with Gasteiger partial charge in [-0.25, -0.2) is 4.98 Å². The Morgan fingerprint density at radius 2 is 2.14 bits per heavy atom. The van der Waals surface area contributed by atoms with Crippen molar-refractivity contribution >= 4 is 5.91 Å². The van der Waals surface area contributed by atoms with Crippen molar-refractivity contribution in [1.29, 1.82) is 0 Å². The van der Waals surface area contributed by atoms with E-state index < -0.39 is 0 Å². The highest BCUT2D eigenvalue weighted by molar-refractivity contribution is 5.94. The molecule has 0 saturated carbocycles. The Morgan fingerprint density at radius 1 is 1.32 bits per heavy atom. The van der Waals surface area contributed by atoms with Crippen LogP contribution in [0.3, 0.4) is 0 Å². The average molecular weight is 304 g/mol. The molecule has 1 heterocycles. The average Bonchev–Trinajstić information content (AvgIpc) is 2.84. The summed E-state index contributed by atoms with van der Waals surface area (Å²) in [5, 5.41) is 2.77. The Hall–Kier alpha value is -2.34. The summed E-state index contributed by atoms with van der Waals surface area (Å²) in [5.74, 6) is 1.69. The van der Waals surface area contributed by atoms with Crippen LogP contribution < -0.4 is 10.1 Å². The molecule has 1 aromatic heterocycles. The van der Waals surface area contributed by atoms with E-state index in [1.165, 1.54) is 0 Å². The van der Waals surface area contributed by atoms with Crippen molar-refractivity contribution in [1.82, 2.24) is 10.3 Å². The van der Waals surface area contributed by atoms with Gasteiger partial charge in [0.2, 0.25) is 5.89 Å². The number of aryl methyl sites for hydroxylation is 2. The number of carbonyl (C=O) groups excluding carboxylic acids is 1. The van der Waals surface area contributed by atoms with Crippen molar-refractivity contribution in [2.45, 2.75) is 20.4 Å². The van der Waals surface area contributed by atoms with E-state index in [2.05, 4.69) is 10.3 Å². The molecule has 0 fully saturated rings. The van der Waals surface area contributed by atoms with Gasteiger partial charge >= 0.3 is 0 Å². The molecule has 0 aliphatic rings. The normalized spacial score (nSPS) is 10.5. The number of methoxy groups -OCH3 is 1. The van der Waals surface area contributed by atoms with Gasteiger partial charge in [0.25, 0.3) is 5.91 Å². The van der Waals surface area contributed by atoms with E-state index >= 15 is 0 Å². The number of aromatic nitrogens is 1. The minimum Gasteiger partial charge on any atom is -0.491 e. The first-order valence-corrected chi connectivity index (χ1v) is 7.03. The van der Waals surface area contributed by atoms with Crippen LogP contribution >= 0.6 is 0 Å². The summed E-state index contributed by atoms with van der Waals surface area (Å²) in [7, 11) is 1.61. The topological polar surface area (TPSA) is 73.6 Å². The van der Waals surface area contributed by atoms with Crippen LogP contribution in [-0.2, 0) is 11.3 Å². The van der Waals surface area contributed by atoms with Crippen LogP contribution in [0.25, 0.3) is 0 Å². The third-order valence-electron chi connectivity index (χ3n) is 3.13. The zero-order chi connectivity index (χ0) is 15.9. The van der Waals surface area contributed by atoms with Crippen LogP contribution in [0, 0.1) is 13.8 Å². The number of amides is 1. The summed E-state index contributed by atoms with van der Waals surface area (Å²) in [5.41, 5.74) is 1.35. The minimum absolute atomic E-state index is 0.203. The van der Waals surface area contributed by atoms with Crippen molar-refractivity contribution in [2.24, 2.45) is 0 Å². The molecule has 1 N–H and O–H groups in total. The molecule has 118 valence electrons. The molecule has 0 aliphatic carbocycles. The minimum atomic E-state index is -0.203. The summed E-state index contributed by atoms with van der Waals surface area (Å²) in [4.78, 5) is 16.4. The van der Waals surface area contributed by atoms with Gasteiger partial charge in [-0.2, -0.15) is 0 Å². The quantitative estimate of drug-likeness (QED) is 0.794. The Labute approximate surface area is 129 Å². The van der Waals surface area contributed by atoms with E-state index in [4.69, 9.17) is 13.9 Å². The first kappa shape index (κ1) is 16.0. The fraction of sp³-hybridized carbons (Fsp3) is 0.375. The van der Waals surface area contributed by atoms with Crippen molar-refractivity contribution in [3.05, 3.63) is 47.2 Å². The van der Waals surface area contributed by atoms with E-state index in [0.29, 0.717) is 30.4 Å². The van der Waals surface area contributed by atoms with E-state index in [1.54, 1.807) is 31.4 Å². The lowest BCUT2D eigenvalue weighted by atomic mass is 10.2. The molecule has 6 heteroatoms. The van der Waals surface area contributed by atoms with Crippen molar-refractivity contribution in [2.75, 3.05) is 20.3 Å².